The minimum absolute atomic E-state index is 0.0805. The van der Waals surface area contributed by atoms with Gasteiger partial charge in [0.15, 0.2) is 0 Å². The van der Waals surface area contributed by atoms with Crippen LogP contribution in [0.5, 0.6) is 0 Å². The number of nitrogens with one attached hydrogen (secondary N) is 1. The first kappa shape index (κ1) is 10.3. The number of fused-ring (bicyclic) bond motifs is 2. The maximum absolute atomic E-state index is 12.2. The number of aromatic amines is 1. The number of carboxylic acids is 1. The minimum atomic E-state index is -0.792. The summed E-state index contributed by atoms with van der Waals surface area (Å²) in [4.78, 5) is 31.6. The SMILES string of the molecule is O=C(O)C1CC2CCC1N2C(=O)c1cnc[nH]1. The van der Waals surface area contributed by atoms with Crippen molar-refractivity contribution in [3.05, 3.63) is 18.2 Å². The summed E-state index contributed by atoms with van der Waals surface area (Å²) in [6.45, 7) is 0. The van der Waals surface area contributed by atoms with Gasteiger partial charge in [0.2, 0.25) is 0 Å². The maximum atomic E-state index is 12.2. The van der Waals surface area contributed by atoms with Gasteiger partial charge in [-0.25, -0.2) is 4.98 Å². The fourth-order valence-corrected chi connectivity index (χ4v) is 3.08. The topological polar surface area (TPSA) is 86.3 Å². The van der Waals surface area contributed by atoms with Crippen LogP contribution in [0.15, 0.2) is 12.5 Å². The fraction of sp³-hybridized carbons (Fsp3) is 0.545. The second-order valence-electron chi connectivity index (χ2n) is 4.66. The zero-order valence-electron chi connectivity index (χ0n) is 9.17. The number of carboxylic acid groups (broad SMARTS) is 1. The summed E-state index contributed by atoms with van der Waals surface area (Å²) in [6, 6.07) is -0.0646. The van der Waals surface area contributed by atoms with Crippen molar-refractivity contribution in [3.8, 4) is 0 Å². The van der Waals surface area contributed by atoms with Crippen LogP contribution in [0, 0.1) is 5.92 Å². The van der Waals surface area contributed by atoms with Gasteiger partial charge in [-0.15, -0.1) is 0 Å². The molecule has 2 N–H and O–H groups in total. The Bertz CT molecular complexity index is 457. The lowest BCUT2D eigenvalue weighted by molar-refractivity contribution is -0.142. The number of imidazole rings is 1. The van der Waals surface area contributed by atoms with Gasteiger partial charge in [0.25, 0.3) is 5.91 Å². The molecule has 0 aliphatic carbocycles. The lowest BCUT2D eigenvalue weighted by Gasteiger charge is -2.22. The van der Waals surface area contributed by atoms with E-state index < -0.39 is 11.9 Å². The minimum Gasteiger partial charge on any atom is -0.481 e. The van der Waals surface area contributed by atoms with Crippen molar-refractivity contribution in [1.82, 2.24) is 14.9 Å². The van der Waals surface area contributed by atoms with Crippen molar-refractivity contribution in [2.24, 2.45) is 5.92 Å². The molecule has 3 rings (SSSR count). The molecular formula is C11H13N3O3. The van der Waals surface area contributed by atoms with Gasteiger partial charge in [0.1, 0.15) is 5.69 Å². The Morgan fingerprint density at radius 1 is 1.47 bits per heavy atom. The van der Waals surface area contributed by atoms with Crippen molar-refractivity contribution in [1.29, 1.82) is 0 Å². The average molecular weight is 235 g/mol. The molecule has 0 saturated carbocycles. The second-order valence-corrected chi connectivity index (χ2v) is 4.66. The van der Waals surface area contributed by atoms with E-state index in [4.69, 9.17) is 5.11 Å². The number of aromatic nitrogens is 2. The van der Waals surface area contributed by atoms with E-state index in [0.29, 0.717) is 12.1 Å². The van der Waals surface area contributed by atoms with Crippen LogP contribution in [0.3, 0.4) is 0 Å². The van der Waals surface area contributed by atoms with Crippen LogP contribution in [-0.4, -0.2) is 43.9 Å². The van der Waals surface area contributed by atoms with Crippen molar-refractivity contribution >= 4 is 11.9 Å². The van der Waals surface area contributed by atoms with Gasteiger partial charge in [-0.05, 0) is 19.3 Å². The lowest BCUT2D eigenvalue weighted by atomic mass is 9.89. The highest BCUT2D eigenvalue weighted by Crippen LogP contribution is 2.42. The van der Waals surface area contributed by atoms with Crippen molar-refractivity contribution in [2.45, 2.75) is 31.3 Å². The first-order valence-corrected chi connectivity index (χ1v) is 5.72. The molecule has 2 bridgehead atoms. The number of rotatable bonds is 2. The predicted molar refractivity (Wildman–Crippen MR) is 57.3 cm³/mol. The van der Waals surface area contributed by atoms with Crippen LogP contribution in [0.25, 0.3) is 0 Å². The highest BCUT2D eigenvalue weighted by atomic mass is 16.4. The van der Waals surface area contributed by atoms with Gasteiger partial charge in [-0.3, -0.25) is 9.59 Å². The van der Waals surface area contributed by atoms with E-state index in [1.807, 2.05) is 0 Å². The van der Waals surface area contributed by atoms with E-state index in [9.17, 15) is 9.59 Å². The van der Waals surface area contributed by atoms with Crippen LogP contribution >= 0.6 is 0 Å². The van der Waals surface area contributed by atoms with E-state index in [1.165, 1.54) is 12.5 Å². The maximum Gasteiger partial charge on any atom is 0.308 e. The summed E-state index contributed by atoms with van der Waals surface area (Å²) in [5.74, 6) is -1.32. The van der Waals surface area contributed by atoms with Crippen LogP contribution in [0.4, 0.5) is 0 Å². The molecule has 1 amide bonds. The molecule has 90 valence electrons. The second kappa shape index (κ2) is 3.58. The Kier molecular flexibility index (Phi) is 2.17. The molecular weight excluding hydrogens is 222 g/mol. The van der Waals surface area contributed by atoms with E-state index in [0.717, 1.165) is 12.8 Å². The van der Waals surface area contributed by atoms with Crippen LogP contribution in [-0.2, 0) is 4.79 Å². The molecule has 0 radical (unpaired) electrons. The molecule has 2 fully saturated rings. The predicted octanol–water partition coefficient (Wildman–Crippen LogP) is 0.487. The smallest absolute Gasteiger partial charge is 0.308 e. The lowest BCUT2D eigenvalue weighted by Crippen LogP contribution is -2.38. The third kappa shape index (κ3) is 1.44. The summed E-state index contributed by atoms with van der Waals surface area (Å²) in [5.41, 5.74) is 0.438. The molecule has 2 saturated heterocycles. The van der Waals surface area contributed by atoms with Crippen LogP contribution in [0.1, 0.15) is 29.8 Å². The number of hydrogen-bond donors (Lipinski definition) is 2. The van der Waals surface area contributed by atoms with E-state index in [2.05, 4.69) is 9.97 Å². The van der Waals surface area contributed by atoms with Gasteiger partial charge in [0, 0.05) is 12.1 Å². The number of amides is 1. The van der Waals surface area contributed by atoms with E-state index in [1.54, 1.807) is 4.90 Å². The van der Waals surface area contributed by atoms with Crippen LogP contribution < -0.4 is 0 Å². The normalized spacial score (nSPS) is 30.8. The summed E-state index contributed by atoms with van der Waals surface area (Å²) in [7, 11) is 0. The third-order valence-corrected chi connectivity index (χ3v) is 3.82. The Balaban J connectivity index is 1.86. The molecule has 3 heterocycles. The molecule has 2 aliphatic rings. The van der Waals surface area contributed by atoms with Crippen molar-refractivity contribution in [2.75, 3.05) is 0 Å². The Labute approximate surface area is 97.6 Å². The highest BCUT2D eigenvalue weighted by Gasteiger charge is 2.51. The fourth-order valence-electron chi connectivity index (χ4n) is 3.08. The standard InChI is InChI=1S/C11H13N3O3/c15-10(8-4-12-5-13-8)14-6-1-2-9(14)7(3-6)11(16)17/h4-7,9H,1-3H2,(H,12,13)(H,16,17). The first-order valence-electron chi connectivity index (χ1n) is 5.72. The average Bonchev–Trinajstić information content (AvgIpc) is 3.03. The zero-order chi connectivity index (χ0) is 12.0. The third-order valence-electron chi connectivity index (χ3n) is 3.82. The molecule has 17 heavy (non-hydrogen) atoms. The van der Waals surface area contributed by atoms with E-state index in [-0.39, 0.29) is 18.0 Å². The first-order chi connectivity index (χ1) is 8.18. The van der Waals surface area contributed by atoms with Gasteiger partial charge >= 0.3 is 5.97 Å². The zero-order valence-corrected chi connectivity index (χ0v) is 9.17. The molecule has 1 aromatic rings. The van der Waals surface area contributed by atoms with Crippen LogP contribution in [0.2, 0.25) is 0 Å². The molecule has 6 nitrogen and oxygen atoms in total. The molecule has 3 atom stereocenters. The summed E-state index contributed by atoms with van der Waals surface area (Å²) < 4.78 is 0. The quantitative estimate of drug-likeness (QED) is 0.781. The van der Waals surface area contributed by atoms with Crippen molar-refractivity contribution in [3.63, 3.8) is 0 Å². The monoisotopic (exact) mass is 235 g/mol. The summed E-state index contributed by atoms with van der Waals surface area (Å²) >= 11 is 0. The Morgan fingerprint density at radius 2 is 2.29 bits per heavy atom. The number of aliphatic carboxylic acids is 1. The molecule has 0 spiro atoms. The highest BCUT2D eigenvalue weighted by molar-refractivity contribution is 5.93. The molecule has 1 aromatic heterocycles. The van der Waals surface area contributed by atoms with Gasteiger partial charge in [-0.2, -0.15) is 0 Å². The number of nitrogens with zero attached hydrogens (tertiary/aromatic N) is 2. The number of carbonyl (C=O) groups is 2. The summed E-state index contributed by atoms with van der Waals surface area (Å²) in [5, 5.41) is 9.11. The summed E-state index contributed by atoms with van der Waals surface area (Å²) in [6.07, 6.45) is 5.23. The molecule has 0 aromatic carbocycles. The molecule has 6 heteroatoms. The Morgan fingerprint density at radius 3 is 2.88 bits per heavy atom. The van der Waals surface area contributed by atoms with Gasteiger partial charge < -0.3 is 15.0 Å². The number of H-pyrrole nitrogens is 1. The largest absolute Gasteiger partial charge is 0.481 e. The van der Waals surface area contributed by atoms with Crippen molar-refractivity contribution < 1.29 is 14.7 Å². The van der Waals surface area contributed by atoms with Gasteiger partial charge in [-0.1, -0.05) is 0 Å². The molecule has 2 aliphatic heterocycles. The van der Waals surface area contributed by atoms with E-state index >= 15 is 0 Å². The number of carbonyl (C=O) groups excluding carboxylic acids is 1. The number of hydrogen-bond acceptors (Lipinski definition) is 3. The Hall–Kier alpha value is -1.85. The molecule has 3 unspecified atom stereocenters. The van der Waals surface area contributed by atoms with Gasteiger partial charge in [0.05, 0.1) is 18.4 Å².